The summed E-state index contributed by atoms with van der Waals surface area (Å²) in [5.74, 6) is 0.568. The molecule has 15 nitrogen and oxygen atoms in total. The lowest BCUT2D eigenvalue weighted by molar-refractivity contribution is -0.128. The Morgan fingerprint density at radius 2 is 1.10 bits per heavy atom. The molecule has 0 radical (unpaired) electrons. The number of amides is 2. The Hall–Kier alpha value is -8.37. The van der Waals surface area contributed by atoms with Gasteiger partial charge >= 0.3 is 5.91 Å². The summed E-state index contributed by atoms with van der Waals surface area (Å²) in [5.41, 5.74) is 20.5. The maximum Gasteiger partial charge on any atom is 0.302 e. The third kappa shape index (κ3) is 10.6. The zero-order chi connectivity index (χ0) is 48.4. The summed E-state index contributed by atoms with van der Waals surface area (Å²) in [6.45, 7) is 17.2. The average Bonchev–Trinajstić information content (AvgIpc) is 4.22. The topological polar surface area (TPSA) is 180 Å². The highest BCUT2D eigenvalue weighted by Gasteiger charge is 2.23. The van der Waals surface area contributed by atoms with Crippen molar-refractivity contribution in [2.75, 3.05) is 44.2 Å². The second kappa shape index (κ2) is 21.5. The molecule has 0 unspecified atom stereocenters. The first-order valence-electron chi connectivity index (χ1n) is 22.0. The van der Waals surface area contributed by atoms with E-state index in [1.807, 2.05) is 106 Å². The number of hydrogen-bond acceptors (Lipinski definition) is 9. The Labute approximate surface area is 407 Å². The van der Waals surface area contributed by atoms with Crippen LogP contribution in [0.3, 0.4) is 0 Å². The van der Waals surface area contributed by atoms with Gasteiger partial charge in [0.05, 0.1) is 17.3 Å². The Balaban J connectivity index is 0.000000160. The van der Waals surface area contributed by atoms with Crippen LogP contribution in [0, 0.1) is 13.1 Å². The Morgan fingerprint density at radius 3 is 1.57 bits per heavy atom. The second-order valence-corrected chi connectivity index (χ2v) is 17.0. The summed E-state index contributed by atoms with van der Waals surface area (Å²) in [4.78, 5) is 62.0. The SMILES string of the molecule is Nc1ncnc2c1c(-c1ccc(Cl)cc1)cn2-c1cccc(C=O)c1.[C-]#[N+]/C(=C\c1cccc(-n2cc(-c3ccc(Cl)cc3)c3c(N)ncnc32)c1)C(=O)N1CCCC1.[C-]#[N+]CC(=O)N1CCCC1. The molecule has 2 fully saturated rings. The van der Waals surface area contributed by atoms with Crippen LogP contribution in [-0.2, 0) is 9.59 Å². The van der Waals surface area contributed by atoms with Gasteiger partial charge in [-0.15, -0.1) is 0 Å². The molecule has 69 heavy (non-hydrogen) atoms. The molecule has 2 saturated heterocycles. The van der Waals surface area contributed by atoms with Gasteiger partial charge in [0.25, 0.3) is 18.1 Å². The minimum Gasteiger partial charge on any atom is -0.383 e. The monoisotopic (exact) mass is 954 g/mol. The third-order valence-electron chi connectivity index (χ3n) is 11.7. The summed E-state index contributed by atoms with van der Waals surface area (Å²) < 4.78 is 3.85. The van der Waals surface area contributed by atoms with Crippen LogP contribution >= 0.6 is 23.2 Å². The summed E-state index contributed by atoms with van der Waals surface area (Å²) in [7, 11) is 0. The highest BCUT2D eigenvalue weighted by atomic mass is 35.5. The standard InChI is InChI=1S/C26H21ClN6O.C19H13ClN4O.C7H10N2O/c1-29-22(26(34)32-11-2-3-12-32)14-17-5-4-6-20(13-17)33-15-21(18-7-9-19(27)10-8-18)23-24(28)30-16-31-25(23)33;20-14-6-4-13(5-7-14)16-9-24(15-3-1-2-12(8-15)10-25)19-17(16)18(21)22-11-23-19;1-8-6-7(10)9-4-2-3-5-9/h4-10,13-16H,2-3,11-12H2,(H2,28,30,31);1-11H,(H2,21,22,23);2-6H2/b22-14-;;. The number of fused-ring (bicyclic) bond motifs is 2. The number of benzene rings is 4. The van der Waals surface area contributed by atoms with Gasteiger partial charge in [0.1, 0.15) is 30.6 Å². The Bertz CT molecular complexity index is 3300. The van der Waals surface area contributed by atoms with E-state index >= 15 is 0 Å². The number of likely N-dealkylation sites (tertiary alicyclic amines) is 2. The maximum absolute atomic E-state index is 12.7. The van der Waals surface area contributed by atoms with Crippen LogP contribution in [0.25, 0.3) is 71.5 Å². The van der Waals surface area contributed by atoms with Gasteiger partial charge in [-0.25, -0.2) is 31.4 Å². The molecule has 8 aromatic rings. The minimum atomic E-state index is -0.213. The van der Waals surface area contributed by atoms with Gasteiger partial charge in [-0.1, -0.05) is 71.7 Å². The largest absolute Gasteiger partial charge is 0.383 e. The molecular weight excluding hydrogens is 912 g/mol. The number of rotatable bonds is 8. The van der Waals surface area contributed by atoms with Crippen molar-refractivity contribution in [3.8, 4) is 33.6 Å². The number of carbonyl (C=O) groups is 3. The normalized spacial score (nSPS) is 13.2. The fourth-order valence-electron chi connectivity index (χ4n) is 8.29. The van der Waals surface area contributed by atoms with Gasteiger partial charge in [0.2, 0.25) is 0 Å². The van der Waals surface area contributed by atoms with Crippen molar-refractivity contribution in [2.45, 2.75) is 25.7 Å². The first kappa shape index (κ1) is 47.1. The van der Waals surface area contributed by atoms with Crippen LogP contribution in [0.2, 0.25) is 10.0 Å². The van der Waals surface area contributed by atoms with Crippen molar-refractivity contribution in [3.05, 3.63) is 172 Å². The van der Waals surface area contributed by atoms with E-state index in [-0.39, 0.29) is 24.1 Å². The first-order chi connectivity index (χ1) is 33.6. The van der Waals surface area contributed by atoms with Crippen LogP contribution in [0.5, 0.6) is 0 Å². The zero-order valence-electron chi connectivity index (χ0n) is 37.2. The quantitative estimate of drug-likeness (QED) is 0.0852. The smallest absolute Gasteiger partial charge is 0.302 e. The van der Waals surface area contributed by atoms with E-state index < -0.39 is 0 Å². The van der Waals surface area contributed by atoms with E-state index in [0.29, 0.717) is 51.6 Å². The fraction of sp³-hybridized carbons (Fsp3) is 0.173. The minimum absolute atomic E-state index is 0.00694. The number of carbonyl (C=O) groups excluding carboxylic acids is 3. The Kier molecular flexibility index (Phi) is 14.7. The maximum atomic E-state index is 12.7. The molecule has 17 heteroatoms. The van der Waals surface area contributed by atoms with Gasteiger partial charge in [-0.3, -0.25) is 14.4 Å². The molecule has 2 amide bonds. The van der Waals surface area contributed by atoms with E-state index in [1.54, 1.807) is 28.0 Å². The van der Waals surface area contributed by atoms with Crippen LogP contribution in [-0.4, -0.2) is 89.7 Å². The molecule has 0 aliphatic carbocycles. The molecule has 0 bridgehead atoms. The van der Waals surface area contributed by atoms with Crippen LogP contribution in [0.15, 0.2) is 128 Å². The van der Waals surface area contributed by atoms with Crippen molar-refractivity contribution in [1.29, 1.82) is 0 Å². The lowest BCUT2D eigenvalue weighted by Gasteiger charge is -2.14. The molecular formula is C52H44Cl2N12O3. The number of anilines is 2. The van der Waals surface area contributed by atoms with Crippen molar-refractivity contribution in [3.63, 3.8) is 0 Å². The fourth-order valence-corrected chi connectivity index (χ4v) is 8.54. The molecule has 2 aliphatic heterocycles. The summed E-state index contributed by atoms with van der Waals surface area (Å²) in [6, 6.07) is 30.0. The molecule has 4 N–H and O–H groups in total. The second-order valence-electron chi connectivity index (χ2n) is 16.1. The number of hydrogen-bond donors (Lipinski definition) is 2. The van der Waals surface area contributed by atoms with Crippen LogP contribution in [0.1, 0.15) is 41.6 Å². The zero-order valence-corrected chi connectivity index (χ0v) is 38.7. The van der Waals surface area contributed by atoms with Crippen molar-refractivity contribution >= 4 is 81.1 Å². The van der Waals surface area contributed by atoms with E-state index in [1.165, 1.54) is 12.7 Å². The molecule has 2 aliphatic rings. The summed E-state index contributed by atoms with van der Waals surface area (Å²) in [5, 5.41) is 2.82. The molecule has 6 heterocycles. The van der Waals surface area contributed by atoms with Crippen LogP contribution in [0.4, 0.5) is 11.6 Å². The molecule has 4 aromatic carbocycles. The van der Waals surface area contributed by atoms with Gasteiger partial charge in [0.15, 0.2) is 11.3 Å². The number of halogens is 2. The van der Waals surface area contributed by atoms with Gasteiger partial charge < -0.3 is 35.2 Å². The van der Waals surface area contributed by atoms with E-state index in [9.17, 15) is 14.4 Å². The average molecular weight is 956 g/mol. The number of aromatic nitrogens is 6. The third-order valence-corrected chi connectivity index (χ3v) is 12.2. The van der Waals surface area contributed by atoms with Crippen molar-refractivity contribution in [1.82, 2.24) is 38.9 Å². The van der Waals surface area contributed by atoms with Crippen LogP contribution < -0.4 is 11.5 Å². The van der Waals surface area contributed by atoms with Crippen molar-refractivity contribution < 1.29 is 14.4 Å². The lowest BCUT2D eigenvalue weighted by atomic mass is 10.1. The highest BCUT2D eigenvalue weighted by molar-refractivity contribution is 6.31. The molecule has 10 rings (SSSR count). The molecule has 0 saturated carbocycles. The summed E-state index contributed by atoms with van der Waals surface area (Å²) in [6.07, 6.45) is 13.4. The van der Waals surface area contributed by atoms with Gasteiger partial charge in [0, 0.05) is 76.7 Å². The molecule has 4 aromatic heterocycles. The number of nitrogens with zero attached hydrogens (tertiary/aromatic N) is 10. The first-order valence-corrected chi connectivity index (χ1v) is 22.7. The predicted molar refractivity (Wildman–Crippen MR) is 271 cm³/mol. The summed E-state index contributed by atoms with van der Waals surface area (Å²) >= 11 is 12.1. The number of nitrogens with two attached hydrogens (primary N) is 2. The molecule has 344 valence electrons. The van der Waals surface area contributed by atoms with E-state index in [0.717, 1.165) is 95.0 Å². The van der Waals surface area contributed by atoms with E-state index in [2.05, 4.69) is 29.6 Å². The molecule has 0 atom stereocenters. The predicted octanol–water partition coefficient (Wildman–Crippen LogP) is 9.87. The highest BCUT2D eigenvalue weighted by Crippen LogP contribution is 2.36. The number of nitrogen functional groups attached to an aromatic ring is 2. The van der Waals surface area contributed by atoms with E-state index in [4.69, 9.17) is 47.8 Å². The lowest BCUT2D eigenvalue weighted by Crippen LogP contribution is -2.29. The van der Waals surface area contributed by atoms with Gasteiger partial charge in [-0.2, -0.15) is 0 Å². The van der Waals surface area contributed by atoms with Gasteiger partial charge in [-0.05, 0) is 97.0 Å². The van der Waals surface area contributed by atoms with Crippen molar-refractivity contribution in [2.24, 2.45) is 0 Å². The Morgan fingerprint density at radius 1 is 0.638 bits per heavy atom. The number of aldehydes is 1. The molecule has 0 spiro atoms.